The molecule has 2 aromatic rings. The summed E-state index contributed by atoms with van der Waals surface area (Å²) in [5, 5.41) is 22.9. The van der Waals surface area contributed by atoms with Gasteiger partial charge in [0.25, 0.3) is 0 Å². The first-order valence-corrected chi connectivity index (χ1v) is 14.5. The largest absolute Gasteiger partial charge is 0.507 e. The molecule has 0 aromatic heterocycles. The molecular weight excluding hydrogens is 452 g/mol. The number of methoxy groups -OCH3 is 1. The summed E-state index contributed by atoms with van der Waals surface area (Å²) in [6.07, 6.45) is 5.98. The second-order valence-electron chi connectivity index (χ2n) is 9.91. The summed E-state index contributed by atoms with van der Waals surface area (Å²) < 4.78 is 10.9. The minimum absolute atomic E-state index is 0.0513. The van der Waals surface area contributed by atoms with Gasteiger partial charge in [0.05, 0.1) is 31.9 Å². The van der Waals surface area contributed by atoms with Gasteiger partial charge in [-0.1, -0.05) is 37.7 Å². The average molecular weight is 479 g/mol. The van der Waals surface area contributed by atoms with Gasteiger partial charge >= 0.3 is 5.97 Å². The third-order valence-electron chi connectivity index (χ3n) is 6.75. The van der Waals surface area contributed by atoms with Crippen LogP contribution >= 0.6 is 0 Å². The van der Waals surface area contributed by atoms with E-state index in [-0.39, 0.29) is 57.7 Å². The number of esters is 1. The Labute approximate surface area is 198 Å². The highest BCUT2D eigenvalue weighted by Crippen LogP contribution is 2.54. The maximum Gasteiger partial charge on any atom is 0.304 e. The van der Waals surface area contributed by atoms with Crippen LogP contribution < -0.4 is 4.74 Å². The fourth-order valence-corrected chi connectivity index (χ4v) is 7.31. The molecule has 0 amide bonds. The van der Waals surface area contributed by atoms with E-state index in [9.17, 15) is 24.6 Å². The van der Waals surface area contributed by atoms with E-state index in [1.807, 2.05) is 0 Å². The van der Waals surface area contributed by atoms with E-state index in [2.05, 4.69) is 25.6 Å². The Balaban J connectivity index is 2.07. The van der Waals surface area contributed by atoms with Crippen LogP contribution in [0, 0.1) is 12.3 Å². The fourth-order valence-electron chi connectivity index (χ4n) is 5.19. The number of phenols is 2. The Morgan fingerprint density at radius 2 is 1.76 bits per heavy atom. The van der Waals surface area contributed by atoms with Gasteiger partial charge in [-0.25, -0.2) is 0 Å². The van der Waals surface area contributed by atoms with Gasteiger partial charge in [0.2, 0.25) is 5.78 Å². The quantitative estimate of drug-likeness (QED) is 0.255. The molecular formula is C26H26O7Si. The molecule has 0 radical (unpaired) electrons. The monoisotopic (exact) mass is 478 g/mol. The summed E-state index contributed by atoms with van der Waals surface area (Å²) in [6, 6.07) is 4.62. The highest BCUT2D eigenvalue weighted by atomic mass is 28.3. The molecule has 2 aliphatic rings. The fraction of sp³-hybridized carbons (Fsp3) is 0.346. The van der Waals surface area contributed by atoms with E-state index in [0.29, 0.717) is 5.56 Å². The minimum Gasteiger partial charge on any atom is -0.507 e. The van der Waals surface area contributed by atoms with E-state index < -0.39 is 37.0 Å². The standard InChI is InChI=1S/C26H26O7Si/c1-7-26(33-13(2)27)11-15-19(17(12-26)34(4,5)6)25(31)21-20(23(15)29)22(28)14-9-8-10-16(32-3)18(14)24(21)30/h1,8-10,17,29,31H,11-12H2,2-6H3/t17-,26-/m1/s1. The van der Waals surface area contributed by atoms with E-state index in [0.717, 1.165) is 0 Å². The summed E-state index contributed by atoms with van der Waals surface area (Å²) in [4.78, 5) is 38.9. The average Bonchev–Trinajstić information content (AvgIpc) is 2.77. The molecule has 4 rings (SSSR count). The number of benzene rings is 2. The zero-order valence-electron chi connectivity index (χ0n) is 19.7. The van der Waals surface area contributed by atoms with Crippen molar-refractivity contribution in [1.82, 2.24) is 0 Å². The first-order valence-electron chi connectivity index (χ1n) is 10.9. The number of carbonyl (C=O) groups excluding carboxylic acids is 3. The molecule has 2 atom stereocenters. The molecule has 34 heavy (non-hydrogen) atoms. The zero-order chi connectivity index (χ0) is 25.2. The van der Waals surface area contributed by atoms with Crippen LogP contribution in [0.5, 0.6) is 17.2 Å². The lowest BCUT2D eigenvalue weighted by Gasteiger charge is -2.43. The van der Waals surface area contributed by atoms with E-state index in [1.54, 1.807) is 12.1 Å². The van der Waals surface area contributed by atoms with Crippen LogP contribution in [0.3, 0.4) is 0 Å². The third-order valence-corrected chi connectivity index (χ3v) is 9.34. The SMILES string of the molecule is C#C[C@@]1(OC(C)=O)Cc2c(O)c3c(c(O)c2[C@H]([Si](C)(C)C)C1)C(=O)c1c(OC)cccc1C3=O. The Hall–Kier alpha value is -3.57. The van der Waals surface area contributed by atoms with Crippen molar-refractivity contribution in [3.63, 3.8) is 0 Å². The normalized spacial score (nSPS) is 21.1. The lowest BCUT2D eigenvalue weighted by molar-refractivity contribution is -0.152. The molecule has 7 nitrogen and oxygen atoms in total. The molecule has 2 aliphatic carbocycles. The first-order chi connectivity index (χ1) is 15.9. The number of rotatable bonds is 3. The van der Waals surface area contributed by atoms with Crippen molar-refractivity contribution in [2.24, 2.45) is 0 Å². The van der Waals surface area contributed by atoms with E-state index in [1.165, 1.54) is 20.1 Å². The summed E-state index contributed by atoms with van der Waals surface area (Å²) >= 11 is 0. The van der Waals surface area contributed by atoms with Crippen molar-refractivity contribution in [1.29, 1.82) is 0 Å². The van der Waals surface area contributed by atoms with Crippen molar-refractivity contribution in [3.8, 4) is 29.6 Å². The van der Waals surface area contributed by atoms with Crippen molar-refractivity contribution in [2.45, 2.75) is 50.5 Å². The van der Waals surface area contributed by atoms with Crippen molar-refractivity contribution in [2.75, 3.05) is 7.11 Å². The number of carbonyl (C=O) groups is 3. The van der Waals surface area contributed by atoms with Crippen LogP contribution in [-0.2, 0) is 16.0 Å². The van der Waals surface area contributed by atoms with Gasteiger partial charge in [-0.15, -0.1) is 6.42 Å². The van der Waals surface area contributed by atoms with Crippen LogP contribution in [0.25, 0.3) is 0 Å². The van der Waals surface area contributed by atoms with Gasteiger partial charge in [-0.3, -0.25) is 14.4 Å². The number of phenolic OH excluding ortho intramolecular Hbond substituents is 2. The molecule has 0 unspecified atom stereocenters. The third kappa shape index (κ3) is 3.31. The molecule has 0 saturated heterocycles. The molecule has 0 aliphatic heterocycles. The van der Waals surface area contributed by atoms with Crippen LogP contribution in [0.4, 0.5) is 0 Å². The number of ketones is 2. The lowest BCUT2D eigenvalue weighted by Crippen LogP contribution is -2.47. The van der Waals surface area contributed by atoms with Crippen LogP contribution in [0.2, 0.25) is 19.6 Å². The van der Waals surface area contributed by atoms with Crippen molar-refractivity contribution >= 4 is 25.6 Å². The summed E-state index contributed by atoms with van der Waals surface area (Å²) in [5.74, 6) is 0.284. The minimum atomic E-state index is -2.17. The maximum absolute atomic E-state index is 13.6. The van der Waals surface area contributed by atoms with Crippen LogP contribution in [0.1, 0.15) is 61.9 Å². The molecule has 2 N–H and O–H groups in total. The highest BCUT2D eigenvalue weighted by Gasteiger charge is 2.50. The maximum atomic E-state index is 13.6. The number of ether oxygens (including phenoxy) is 2. The molecule has 2 aromatic carbocycles. The van der Waals surface area contributed by atoms with Gasteiger partial charge < -0.3 is 19.7 Å². The van der Waals surface area contributed by atoms with Gasteiger partial charge in [0, 0.05) is 36.5 Å². The second kappa shape index (κ2) is 7.74. The summed E-state index contributed by atoms with van der Waals surface area (Å²) in [6.45, 7) is 7.43. The van der Waals surface area contributed by atoms with Gasteiger partial charge in [0.15, 0.2) is 11.4 Å². The highest BCUT2D eigenvalue weighted by molar-refractivity contribution is 6.77. The number of terminal acetylenes is 1. The molecule has 176 valence electrons. The molecule has 8 heteroatoms. The number of fused-ring (bicyclic) bond motifs is 3. The smallest absolute Gasteiger partial charge is 0.304 e. The first kappa shape index (κ1) is 23.6. The Morgan fingerprint density at radius 3 is 2.32 bits per heavy atom. The van der Waals surface area contributed by atoms with E-state index >= 15 is 0 Å². The lowest BCUT2D eigenvalue weighted by atomic mass is 9.74. The van der Waals surface area contributed by atoms with Crippen molar-refractivity contribution in [3.05, 3.63) is 51.6 Å². The van der Waals surface area contributed by atoms with E-state index in [4.69, 9.17) is 15.9 Å². The van der Waals surface area contributed by atoms with Crippen LogP contribution in [0.15, 0.2) is 18.2 Å². The van der Waals surface area contributed by atoms with Gasteiger partial charge in [-0.2, -0.15) is 0 Å². The zero-order valence-corrected chi connectivity index (χ0v) is 20.7. The molecule has 0 bridgehead atoms. The molecule has 0 saturated carbocycles. The Kier molecular flexibility index (Phi) is 5.37. The molecule has 0 heterocycles. The summed E-state index contributed by atoms with van der Waals surface area (Å²) in [7, 11) is -0.779. The number of hydrogen-bond acceptors (Lipinski definition) is 7. The van der Waals surface area contributed by atoms with Gasteiger partial charge in [-0.05, 0) is 11.6 Å². The van der Waals surface area contributed by atoms with Gasteiger partial charge in [0.1, 0.15) is 17.2 Å². The number of hydrogen-bond donors (Lipinski definition) is 2. The Morgan fingerprint density at radius 1 is 1.12 bits per heavy atom. The topological polar surface area (TPSA) is 110 Å². The molecule has 0 spiro atoms. The second-order valence-corrected chi connectivity index (χ2v) is 15.3. The summed E-state index contributed by atoms with van der Waals surface area (Å²) in [5.41, 5.74) is -1.44. The predicted octanol–water partition coefficient (Wildman–Crippen LogP) is 3.72. The Bertz CT molecular complexity index is 1310. The predicted molar refractivity (Wildman–Crippen MR) is 127 cm³/mol. The number of aromatic hydroxyl groups is 2. The van der Waals surface area contributed by atoms with Crippen LogP contribution in [-0.4, -0.2) is 48.5 Å². The van der Waals surface area contributed by atoms with Crippen molar-refractivity contribution < 1.29 is 34.1 Å². The molecule has 0 fully saturated rings.